The van der Waals surface area contributed by atoms with Crippen LogP contribution < -0.4 is 10.6 Å². The number of anilines is 2. The monoisotopic (exact) mass is 222 g/mol. The van der Waals surface area contributed by atoms with E-state index < -0.39 is 0 Å². The molecule has 1 saturated carbocycles. The van der Waals surface area contributed by atoms with E-state index in [1.807, 2.05) is 12.1 Å². The molecule has 2 nitrogen and oxygen atoms in total. The lowest BCUT2D eigenvalue weighted by Gasteiger charge is -2.42. The second-order valence-corrected chi connectivity index (χ2v) is 5.06. The molecule has 0 radical (unpaired) electrons. The Balaban J connectivity index is 1.95. The van der Waals surface area contributed by atoms with E-state index in [-0.39, 0.29) is 0 Å². The molecular formula is C12H15ClN2. The smallest absolute Gasteiger partial charge is 0.0591 e. The summed E-state index contributed by atoms with van der Waals surface area (Å²) in [6, 6.07) is 6.03. The van der Waals surface area contributed by atoms with Crippen molar-refractivity contribution in [1.82, 2.24) is 0 Å². The molecule has 0 aromatic heterocycles. The third-order valence-electron chi connectivity index (χ3n) is 3.61. The summed E-state index contributed by atoms with van der Waals surface area (Å²) in [5, 5.41) is 7.92. The van der Waals surface area contributed by atoms with Crippen molar-refractivity contribution in [2.75, 3.05) is 17.2 Å². The predicted molar refractivity (Wildman–Crippen MR) is 64.8 cm³/mol. The minimum atomic E-state index is 0.367. The van der Waals surface area contributed by atoms with Crippen LogP contribution in [0.2, 0.25) is 5.02 Å². The lowest BCUT2D eigenvalue weighted by Crippen LogP contribution is -2.45. The fourth-order valence-electron chi connectivity index (χ4n) is 2.53. The van der Waals surface area contributed by atoms with Gasteiger partial charge >= 0.3 is 0 Å². The van der Waals surface area contributed by atoms with Gasteiger partial charge < -0.3 is 10.6 Å². The van der Waals surface area contributed by atoms with Crippen LogP contribution in [0, 0.1) is 0 Å². The van der Waals surface area contributed by atoms with Crippen molar-refractivity contribution in [3.63, 3.8) is 0 Å². The summed E-state index contributed by atoms with van der Waals surface area (Å²) in [6.45, 7) is 1.04. The third kappa shape index (κ3) is 1.57. The SMILES string of the molecule is Clc1ccc2c(c1)NCCC1(CCC1)N2. The Kier molecular flexibility index (Phi) is 2.06. The third-order valence-corrected chi connectivity index (χ3v) is 3.85. The van der Waals surface area contributed by atoms with Gasteiger partial charge in [0, 0.05) is 17.1 Å². The van der Waals surface area contributed by atoms with Crippen LogP contribution in [0.25, 0.3) is 0 Å². The van der Waals surface area contributed by atoms with E-state index in [4.69, 9.17) is 11.6 Å². The number of hydrogen-bond acceptors (Lipinski definition) is 2. The normalized spacial score (nSPS) is 21.9. The van der Waals surface area contributed by atoms with Gasteiger partial charge in [-0.15, -0.1) is 0 Å². The molecule has 15 heavy (non-hydrogen) atoms. The van der Waals surface area contributed by atoms with Crippen LogP contribution in [-0.2, 0) is 0 Å². The van der Waals surface area contributed by atoms with Gasteiger partial charge in [0.15, 0.2) is 0 Å². The van der Waals surface area contributed by atoms with Gasteiger partial charge in [-0.05, 0) is 43.9 Å². The van der Waals surface area contributed by atoms with Gasteiger partial charge in [-0.1, -0.05) is 11.6 Å². The maximum atomic E-state index is 5.98. The Morgan fingerprint density at radius 2 is 2.00 bits per heavy atom. The summed E-state index contributed by atoms with van der Waals surface area (Å²) in [5.74, 6) is 0. The zero-order valence-corrected chi connectivity index (χ0v) is 9.40. The minimum Gasteiger partial charge on any atom is -0.383 e. The van der Waals surface area contributed by atoms with E-state index in [2.05, 4.69) is 16.7 Å². The molecule has 3 rings (SSSR count). The predicted octanol–water partition coefficient (Wildman–Crippen LogP) is 3.49. The number of hydrogen-bond donors (Lipinski definition) is 2. The highest BCUT2D eigenvalue weighted by Crippen LogP contribution is 2.42. The lowest BCUT2D eigenvalue weighted by atomic mass is 9.74. The van der Waals surface area contributed by atoms with Crippen molar-refractivity contribution in [1.29, 1.82) is 0 Å². The zero-order chi connectivity index (χ0) is 10.3. The highest BCUT2D eigenvalue weighted by atomic mass is 35.5. The van der Waals surface area contributed by atoms with E-state index >= 15 is 0 Å². The van der Waals surface area contributed by atoms with Crippen molar-refractivity contribution >= 4 is 23.0 Å². The Bertz CT molecular complexity index is 385. The summed E-state index contributed by atoms with van der Waals surface area (Å²) in [7, 11) is 0. The summed E-state index contributed by atoms with van der Waals surface area (Å²) in [5.41, 5.74) is 2.72. The molecular weight excluding hydrogens is 208 g/mol. The summed E-state index contributed by atoms with van der Waals surface area (Å²) in [6.07, 6.45) is 5.17. The molecule has 0 bridgehead atoms. The molecule has 1 aromatic rings. The van der Waals surface area contributed by atoms with Crippen LogP contribution in [0.3, 0.4) is 0 Å². The first-order chi connectivity index (χ1) is 7.27. The number of nitrogens with one attached hydrogen (secondary N) is 2. The van der Waals surface area contributed by atoms with E-state index in [9.17, 15) is 0 Å². The molecule has 1 aliphatic heterocycles. The maximum Gasteiger partial charge on any atom is 0.0591 e. The van der Waals surface area contributed by atoms with Crippen LogP contribution in [0.4, 0.5) is 11.4 Å². The molecule has 0 unspecified atom stereocenters. The van der Waals surface area contributed by atoms with Crippen LogP contribution in [0.1, 0.15) is 25.7 Å². The summed E-state index contributed by atoms with van der Waals surface area (Å²) >= 11 is 5.98. The van der Waals surface area contributed by atoms with E-state index in [0.717, 1.165) is 17.3 Å². The Morgan fingerprint density at radius 3 is 2.73 bits per heavy atom. The maximum absolute atomic E-state index is 5.98. The van der Waals surface area contributed by atoms with Gasteiger partial charge in [0.25, 0.3) is 0 Å². The van der Waals surface area contributed by atoms with Crippen molar-refractivity contribution in [3.05, 3.63) is 23.2 Å². The van der Waals surface area contributed by atoms with Gasteiger partial charge in [-0.25, -0.2) is 0 Å². The molecule has 0 saturated heterocycles. The highest BCUT2D eigenvalue weighted by molar-refractivity contribution is 6.31. The van der Waals surface area contributed by atoms with E-state index in [0.29, 0.717) is 5.54 Å². The topological polar surface area (TPSA) is 24.1 Å². The molecule has 1 spiro atoms. The van der Waals surface area contributed by atoms with Crippen LogP contribution in [-0.4, -0.2) is 12.1 Å². The first-order valence-corrected chi connectivity index (χ1v) is 5.97. The molecule has 80 valence electrons. The first kappa shape index (κ1) is 9.34. The summed E-state index contributed by atoms with van der Waals surface area (Å²) < 4.78 is 0. The van der Waals surface area contributed by atoms with Crippen molar-refractivity contribution < 1.29 is 0 Å². The van der Waals surface area contributed by atoms with Crippen LogP contribution in [0.15, 0.2) is 18.2 Å². The standard InChI is InChI=1S/C12H15ClN2/c13-9-2-3-10-11(8-9)14-7-6-12(15-10)4-1-5-12/h2-3,8,14-15H,1,4-7H2. The molecule has 2 aliphatic rings. The largest absolute Gasteiger partial charge is 0.383 e. The Hall–Kier alpha value is -0.890. The fourth-order valence-corrected chi connectivity index (χ4v) is 2.71. The molecule has 1 aliphatic carbocycles. The average molecular weight is 223 g/mol. The molecule has 0 atom stereocenters. The van der Waals surface area contributed by atoms with Gasteiger partial charge in [0.2, 0.25) is 0 Å². The minimum absolute atomic E-state index is 0.367. The van der Waals surface area contributed by atoms with Gasteiger partial charge in [0.05, 0.1) is 11.4 Å². The Morgan fingerprint density at radius 1 is 1.13 bits per heavy atom. The second kappa shape index (κ2) is 3.31. The fraction of sp³-hybridized carbons (Fsp3) is 0.500. The average Bonchev–Trinajstić information content (AvgIpc) is 2.35. The van der Waals surface area contributed by atoms with E-state index in [1.54, 1.807) is 0 Å². The molecule has 1 aromatic carbocycles. The highest BCUT2D eigenvalue weighted by Gasteiger charge is 2.37. The van der Waals surface area contributed by atoms with Gasteiger partial charge in [0.1, 0.15) is 0 Å². The van der Waals surface area contributed by atoms with Crippen molar-refractivity contribution in [3.8, 4) is 0 Å². The zero-order valence-electron chi connectivity index (χ0n) is 8.65. The molecule has 1 fully saturated rings. The van der Waals surface area contributed by atoms with Crippen molar-refractivity contribution in [2.45, 2.75) is 31.2 Å². The van der Waals surface area contributed by atoms with Crippen LogP contribution in [0.5, 0.6) is 0 Å². The lowest BCUT2D eigenvalue weighted by molar-refractivity contribution is 0.268. The molecule has 1 heterocycles. The molecule has 2 N–H and O–H groups in total. The Labute approximate surface area is 95.0 Å². The molecule has 3 heteroatoms. The number of fused-ring (bicyclic) bond motifs is 1. The van der Waals surface area contributed by atoms with Crippen molar-refractivity contribution in [2.24, 2.45) is 0 Å². The first-order valence-electron chi connectivity index (χ1n) is 5.59. The number of benzene rings is 1. The molecule has 0 amide bonds. The van der Waals surface area contributed by atoms with E-state index in [1.165, 1.54) is 31.4 Å². The number of halogens is 1. The van der Waals surface area contributed by atoms with Gasteiger partial charge in [-0.3, -0.25) is 0 Å². The quantitative estimate of drug-likeness (QED) is 0.702. The summed E-state index contributed by atoms with van der Waals surface area (Å²) in [4.78, 5) is 0. The number of rotatable bonds is 0. The van der Waals surface area contributed by atoms with Gasteiger partial charge in [-0.2, -0.15) is 0 Å². The van der Waals surface area contributed by atoms with Crippen LogP contribution >= 0.6 is 11.6 Å². The second-order valence-electron chi connectivity index (χ2n) is 4.63.